The summed E-state index contributed by atoms with van der Waals surface area (Å²) in [7, 11) is 3.27. The number of hydrogen-bond donors (Lipinski definition) is 1. The van der Waals surface area contributed by atoms with Crippen molar-refractivity contribution in [2.45, 2.75) is 58.5 Å². The fourth-order valence-corrected chi connectivity index (χ4v) is 5.66. The van der Waals surface area contributed by atoms with Crippen LogP contribution >= 0.6 is 0 Å². The Kier molecular flexibility index (Phi) is 11.0. The number of benzene rings is 3. The van der Waals surface area contributed by atoms with Gasteiger partial charge in [-0.1, -0.05) is 44.2 Å². The number of amides is 1. The Morgan fingerprint density at radius 1 is 0.976 bits per heavy atom. The van der Waals surface area contributed by atoms with Crippen molar-refractivity contribution >= 4 is 16.8 Å². The van der Waals surface area contributed by atoms with E-state index in [4.69, 9.17) is 9.47 Å². The van der Waals surface area contributed by atoms with Crippen LogP contribution in [-0.4, -0.2) is 55.3 Å². The lowest BCUT2D eigenvalue weighted by atomic mass is 9.87. The highest BCUT2D eigenvalue weighted by Crippen LogP contribution is 2.38. The van der Waals surface area contributed by atoms with Gasteiger partial charge in [0.15, 0.2) is 0 Å². The number of para-hydroxylation sites is 1. The van der Waals surface area contributed by atoms with Crippen molar-refractivity contribution in [2.24, 2.45) is 0 Å². The molecule has 7 heteroatoms. The summed E-state index contributed by atoms with van der Waals surface area (Å²) in [5.74, 6) is 0.866. The molecule has 0 radical (unpaired) electrons. The van der Waals surface area contributed by atoms with Gasteiger partial charge in [-0.25, -0.2) is 4.39 Å². The molecule has 1 aromatic heterocycles. The quantitative estimate of drug-likeness (QED) is 0.167. The first-order valence-electron chi connectivity index (χ1n) is 14.9. The maximum absolute atomic E-state index is 13.6. The molecule has 0 bridgehead atoms. The largest absolute Gasteiger partial charge is 0.497 e. The van der Waals surface area contributed by atoms with Gasteiger partial charge >= 0.3 is 0 Å². The topological polar surface area (TPSA) is 55.7 Å². The number of methoxy groups -OCH3 is 2. The van der Waals surface area contributed by atoms with Crippen LogP contribution in [0.25, 0.3) is 10.9 Å². The molecule has 0 spiro atoms. The van der Waals surface area contributed by atoms with E-state index in [0.29, 0.717) is 18.0 Å². The molecule has 0 unspecified atom stereocenters. The summed E-state index contributed by atoms with van der Waals surface area (Å²) in [4.78, 5) is 16.0. The lowest BCUT2D eigenvalue weighted by molar-refractivity contribution is -0.121. The predicted molar refractivity (Wildman–Crippen MR) is 168 cm³/mol. The standard InChI is InChI=1S/C35H44FN3O3/c1-6-38(7-2)18-10-11-25(3)37-35(40)22-32(27-19-29(41-4)21-30(20-27)42-5)33-24-39(34-13-9-8-12-31(33)34)23-26-14-16-28(36)17-15-26/h8-9,12-17,19-21,24-25,32H,6-7,10-11,18,22-23H2,1-5H3,(H,37,40)/t25-,32-/m0/s1. The van der Waals surface area contributed by atoms with Gasteiger partial charge in [0.2, 0.25) is 5.91 Å². The van der Waals surface area contributed by atoms with Gasteiger partial charge in [-0.2, -0.15) is 0 Å². The smallest absolute Gasteiger partial charge is 0.221 e. The van der Waals surface area contributed by atoms with Crippen molar-refractivity contribution in [2.75, 3.05) is 33.9 Å². The normalized spacial score (nSPS) is 12.8. The van der Waals surface area contributed by atoms with Crippen molar-refractivity contribution in [3.63, 3.8) is 0 Å². The number of fused-ring (bicyclic) bond motifs is 1. The Bertz CT molecular complexity index is 1420. The van der Waals surface area contributed by atoms with E-state index in [1.54, 1.807) is 14.2 Å². The fourth-order valence-electron chi connectivity index (χ4n) is 5.66. The van der Waals surface area contributed by atoms with Gasteiger partial charge in [0.1, 0.15) is 17.3 Å². The zero-order valence-corrected chi connectivity index (χ0v) is 25.5. The number of rotatable bonds is 15. The second-order valence-corrected chi connectivity index (χ2v) is 10.9. The van der Waals surface area contributed by atoms with E-state index in [9.17, 15) is 9.18 Å². The number of ether oxygens (including phenoxy) is 2. The second kappa shape index (κ2) is 14.9. The van der Waals surface area contributed by atoms with Crippen LogP contribution in [0.5, 0.6) is 11.5 Å². The number of hydrogen-bond acceptors (Lipinski definition) is 4. The zero-order valence-electron chi connectivity index (χ0n) is 25.5. The molecule has 3 aromatic carbocycles. The number of carbonyl (C=O) groups is 1. The highest BCUT2D eigenvalue weighted by molar-refractivity contribution is 5.87. The Morgan fingerprint density at radius 2 is 1.64 bits per heavy atom. The van der Waals surface area contributed by atoms with Gasteiger partial charge in [0.25, 0.3) is 0 Å². The summed E-state index contributed by atoms with van der Waals surface area (Å²) >= 11 is 0. The Balaban J connectivity index is 1.66. The molecule has 224 valence electrons. The highest BCUT2D eigenvalue weighted by atomic mass is 19.1. The molecule has 1 amide bonds. The molecule has 42 heavy (non-hydrogen) atoms. The van der Waals surface area contributed by atoms with Gasteiger partial charge in [0.05, 0.1) is 14.2 Å². The minimum absolute atomic E-state index is 0.00694. The summed E-state index contributed by atoms with van der Waals surface area (Å²) < 4.78 is 26.9. The molecule has 1 heterocycles. The van der Waals surface area contributed by atoms with E-state index < -0.39 is 0 Å². The van der Waals surface area contributed by atoms with E-state index >= 15 is 0 Å². The van der Waals surface area contributed by atoms with Crippen LogP contribution in [0.2, 0.25) is 0 Å². The van der Waals surface area contributed by atoms with Crippen molar-refractivity contribution in [3.8, 4) is 11.5 Å². The lowest BCUT2D eigenvalue weighted by Gasteiger charge is -2.22. The van der Waals surface area contributed by atoms with Gasteiger partial charge in [-0.05, 0) is 86.4 Å². The number of nitrogens with zero attached hydrogens (tertiary/aromatic N) is 2. The molecule has 2 atom stereocenters. The highest BCUT2D eigenvalue weighted by Gasteiger charge is 2.25. The van der Waals surface area contributed by atoms with Crippen LogP contribution in [0.1, 0.15) is 62.6 Å². The van der Waals surface area contributed by atoms with E-state index in [1.165, 1.54) is 12.1 Å². The first-order chi connectivity index (χ1) is 20.3. The van der Waals surface area contributed by atoms with Crippen molar-refractivity contribution in [3.05, 3.63) is 95.4 Å². The van der Waals surface area contributed by atoms with Crippen LogP contribution in [0.3, 0.4) is 0 Å². The van der Waals surface area contributed by atoms with Gasteiger partial charge in [-0.3, -0.25) is 4.79 Å². The van der Waals surface area contributed by atoms with Gasteiger partial charge in [-0.15, -0.1) is 0 Å². The summed E-state index contributed by atoms with van der Waals surface area (Å²) in [5, 5.41) is 4.33. The number of carbonyl (C=O) groups excluding carboxylic acids is 1. The number of aromatic nitrogens is 1. The third-order valence-corrected chi connectivity index (χ3v) is 8.04. The van der Waals surface area contributed by atoms with E-state index in [-0.39, 0.29) is 30.1 Å². The number of halogens is 1. The zero-order chi connectivity index (χ0) is 30.1. The van der Waals surface area contributed by atoms with E-state index in [1.807, 2.05) is 42.5 Å². The molecule has 4 rings (SSSR count). The van der Waals surface area contributed by atoms with Crippen LogP contribution in [0.4, 0.5) is 4.39 Å². The first-order valence-corrected chi connectivity index (χ1v) is 14.9. The molecule has 6 nitrogen and oxygen atoms in total. The minimum atomic E-state index is -0.253. The molecular weight excluding hydrogens is 529 g/mol. The van der Waals surface area contributed by atoms with E-state index in [0.717, 1.165) is 60.1 Å². The fraction of sp³-hybridized carbons (Fsp3) is 0.400. The van der Waals surface area contributed by atoms with Crippen LogP contribution in [0.15, 0.2) is 72.9 Å². The molecule has 0 fully saturated rings. The average Bonchev–Trinajstić information content (AvgIpc) is 3.36. The van der Waals surface area contributed by atoms with Crippen LogP contribution in [0, 0.1) is 5.82 Å². The third kappa shape index (κ3) is 7.91. The molecule has 4 aromatic rings. The third-order valence-electron chi connectivity index (χ3n) is 8.04. The predicted octanol–water partition coefficient (Wildman–Crippen LogP) is 6.99. The van der Waals surface area contributed by atoms with Crippen molar-refractivity contribution in [1.29, 1.82) is 0 Å². The SMILES string of the molecule is CCN(CC)CCC[C@H](C)NC(=O)C[C@@H](c1cc(OC)cc(OC)c1)c1cn(Cc2ccc(F)cc2)c2ccccc12. The Hall–Kier alpha value is -3.84. The minimum Gasteiger partial charge on any atom is -0.497 e. The molecule has 1 N–H and O–H groups in total. The summed E-state index contributed by atoms with van der Waals surface area (Å²) in [5.41, 5.74) is 4.05. The molecule has 0 aliphatic heterocycles. The van der Waals surface area contributed by atoms with Crippen LogP contribution < -0.4 is 14.8 Å². The summed E-state index contributed by atoms with van der Waals surface area (Å²) in [6, 6.07) is 20.7. The lowest BCUT2D eigenvalue weighted by Crippen LogP contribution is -2.34. The molecule has 0 saturated carbocycles. The monoisotopic (exact) mass is 573 g/mol. The van der Waals surface area contributed by atoms with Crippen LogP contribution in [-0.2, 0) is 11.3 Å². The van der Waals surface area contributed by atoms with Gasteiger partial charge in [0, 0.05) is 48.1 Å². The van der Waals surface area contributed by atoms with E-state index in [2.05, 4.69) is 53.9 Å². The summed E-state index contributed by atoms with van der Waals surface area (Å²) in [6.07, 6.45) is 4.38. The van der Waals surface area contributed by atoms with Gasteiger partial charge < -0.3 is 24.3 Å². The maximum Gasteiger partial charge on any atom is 0.221 e. The first kappa shape index (κ1) is 31.1. The molecule has 0 aliphatic carbocycles. The molecule has 0 aliphatic rings. The Morgan fingerprint density at radius 3 is 2.29 bits per heavy atom. The maximum atomic E-state index is 13.6. The number of nitrogens with one attached hydrogen (secondary N) is 1. The average molecular weight is 574 g/mol. The summed E-state index contributed by atoms with van der Waals surface area (Å²) in [6.45, 7) is 10.1. The van der Waals surface area contributed by atoms with Crippen molar-refractivity contribution < 1.29 is 18.7 Å². The molecule has 0 saturated heterocycles. The second-order valence-electron chi connectivity index (χ2n) is 10.9. The Labute approximate surface area is 249 Å². The molecular formula is C35H44FN3O3. The van der Waals surface area contributed by atoms with Crippen molar-refractivity contribution in [1.82, 2.24) is 14.8 Å².